The molecule has 4 heteroatoms. The highest BCUT2D eigenvalue weighted by atomic mass is 16.2. The van der Waals surface area contributed by atoms with Crippen LogP contribution >= 0.6 is 0 Å². The van der Waals surface area contributed by atoms with Crippen LogP contribution in [0.15, 0.2) is 54.7 Å². The SMILES string of the molecule is O=C(NNC1=CCCCc2ccccc21)c1ccccn1. The van der Waals surface area contributed by atoms with Gasteiger partial charge in [-0.05, 0) is 37.0 Å². The molecule has 1 aromatic heterocycles. The summed E-state index contributed by atoms with van der Waals surface area (Å²) in [5.41, 5.74) is 9.56. The molecule has 0 atom stereocenters. The second-order valence-electron chi connectivity index (χ2n) is 4.96. The number of benzene rings is 1. The van der Waals surface area contributed by atoms with E-state index in [0.717, 1.165) is 30.5 Å². The summed E-state index contributed by atoms with van der Waals surface area (Å²) in [5, 5.41) is 0. The number of amides is 1. The third kappa shape index (κ3) is 3.11. The van der Waals surface area contributed by atoms with E-state index in [2.05, 4.69) is 34.0 Å². The van der Waals surface area contributed by atoms with Crippen LogP contribution in [-0.4, -0.2) is 10.9 Å². The number of pyridine rings is 1. The highest BCUT2D eigenvalue weighted by molar-refractivity contribution is 5.92. The second kappa shape index (κ2) is 6.22. The molecule has 0 saturated carbocycles. The Labute approximate surface area is 123 Å². The van der Waals surface area contributed by atoms with E-state index in [1.807, 2.05) is 12.1 Å². The van der Waals surface area contributed by atoms with Gasteiger partial charge < -0.3 is 0 Å². The fraction of sp³-hybridized carbons (Fsp3) is 0.176. The Morgan fingerprint density at radius 1 is 1.10 bits per heavy atom. The molecule has 0 aliphatic heterocycles. The fourth-order valence-electron chi connectivity index (χ4n) is 2.45. The molecule has 2 aromatic rings. The average molecular weight is 279 g/mol. The number of carbonyl (C=O) groups is 1. The largest absolute Gasteiger partial charge is 0.298 e. The van der Waals surface area contributed by atoms with Crippen LogP contribution in [0.5, 0.6) is 0 Å². The number of nitrogens with zero attached hydrogens (tertiary/aromatic N) is 1. The van der Waals surface area contributed by atoms with Gasteiger partial charge in [-0.25, -0.2) is 0 Å². The third-order valence-electron chi connectivity index (χ3n) is 3.51. The van der Waals surface area contributed by atoms with Crippen LogP contribution in [0.1, 0.15) is 34.5 Å². The van der Waals surface area contributed by atoms with Gasteiger partial charge in [0.25, 0.3) is 5.91 Å². The highest BCUT2D eigenvalue weighted by Crippen LogP contribution is 2.23. The molecule has 4 nitrogen and oxygen atoms in total. The monoisotopic (exact) mass is 279 g/mol. The predicted octanol–water partition coefficient (Wildman–Crippen LogP) is 2.69. The van der Waals surface area contributed by atoms with Gasteiger partial charge in [0.15, 0.2) is 0 Å². The minimum absolute atomic E-state index is 0.238. The van der Waals surface area contributed by atoms with E-state index in [9.17, 15) is 4.79 Å². The molecule has 21 heavy (non-hydrogen) atoms. The van der Waals surface area contributed by atoms with E-state index in [0.29, 0.717) is 5.69 Å². The predicted molar refractivity (Wildman–Crippen MR) is 82.2 cm³/mol. The molecular weight excluding hydrogens is 262 g/mol. The number of carbonyl (C=O) groups excluding carboxylic acids is 1. The number of aromatic nitrogens is 1. The van der Waals surface area contributed by atoms with E-state index in [1.54, 1.807) is 24.4 Å². The summed E-state index contributed by atoms with van der Waals surface area (Å²) in [6.45, 7) is 0. The topological polar surface area (TPSA) is 54.0 Å². The number of fused-ring (bicyclic) bond motifs is 1. The van der Waals surface area contributed by atoms with Gasteiger partial charge >= 0.3 is 0 Å². The van der Waals surface area contributed by atoms with Crippen LogP contribution in [0.25, 0.3) is 5.70 Å². The van der Waals surface area contributed by atoms with Crippen molar-refractivity contribution in [2.24, 2.45) is 0 Å². The standard InChI is InChI=1S/C17H17N3O/c21-17(16-11-5-6-12-18-16)20-19-15-10-4-2-8-13-7-1-3-9-14(13)15/h1,3,5-7,9-12,19H,2,4,8H2,(H,20,21). The lowest BCUT2D eigenvalue weighted by Gasteiger charge is -2.14. The molecule has 3 rings (SSSR count). The zero-order valence-corrected chi connectivity index (χ0v) is 11.7. The van der Waals surface area contributed by atoms with Gasteiger partial charge in [0.1, 0.15) is 5.69 Å². The molecule has 1 aliphatic carbocycles. The number of nitrogens with one attached hydrogen (secondary N) is 2. The third-order valence-corrected chi connectivity index (χ3v) is 3.51. The molecule has 1 aromatic carbocycles. The van der Waals surface area contributed by atoms with Gasteiger partial charge in [0.2, 0.25) is 0 Å². The zero-order chi connectivity index (χ0) is 14.5. The number of hydrogen-bond donors (Lipinski definition) is 2. The Balaban J connectivity index is 1.73. The first-order valence-corrected chi connectivity index (χ1v) is 7.10. The molecule has 106 valence electrons. The first-order chi connectivity index (χ1) is 10.3. The lowest BCUT2D eigenvalue weighted by atomic mass is 10.0. The molecule has 0 spiro atoms. The summed E-state index contributed by atoms with van der Waals surface area (Å²) in [6, 6.07) is 13.5. The molecule has 0 radical (unpaired) electrons. The van der Waals surface area contributed by atoms with Crippen molar-refractivity contribution < 1.29 is 4.79 Å². The van der Waals surface area contributed by atoms with Gasteiger partial charge in [-0.1, -0.05) is 36.4 Å². The smallest absolute Gasteiger partial charge is 0.288 e. The van der Waals surface area contributed by atoms with Crippen LogP contribution in [0.4, 0.5) is 0 Å². The molecule has 0 saturated heterocycles. The summed E-state index contributed by atoms with van der Waals surface area (Å²) in [4.78, 5) is 16.1. The maximum atomic E-state index is 12.0. The quantitative estimate of drug-likeness (QED) is 0.849. The van der Waals surface area contributed by atoms with E-state index in [4.69, 9.17) is 0 Å². The summed E-state index contributed by atoms with van der Waals surface area (Å²) in [6.07, 6.45) is 6.92. The van der Waals surface area contributed by atoms with Gasteiger partial charge in [0, 0.05) is 11.8 Å². The molecule has 0 fully saturated rings. The Hall–Kier alpha value is -2.62. The number of hydrazine groups is 1. The molecule has 0 unspecified atom stereocenters. The first kappa shape index (κ1) is 13.4. The van der Waals surface area contributed by atoms with E-state index in [-0.39, 0.29) is 5.91 Å². The maximum absolute atomic E-state index is 12.0. The average Bonchev–Trinajstić information content (AvgIpc) is 2.76. The summed E-state index contributed by atoms with van der Waals surface area (Å²) >= 11 is 0. The van der Waals surface area contributed by atoms with Crippen molar-refractivity contribution in [1.29, 1.82) is 0 Å². The number of aryl methyl sites for hydroxylation is 1. The van der Waals surface area contributed by atoms with Gasteiger partial charge in [-0.2, -0.15) is 0 Å². The summed E-state index contributed by atoms with van der Waals surface area (Å²) < 4.78 is 0. The van der Waals surface area contributed by atoms with E-state index < -0.39 is 0 Å². The molecular formula is C17H17N3O. The first-order valence-electron chi connectivity index (χ1n) is 7.10. The minimum atomic E-state index is -0.238. The summed E-state index contributed by atoms with van der Waals surface area (Å²) in [7, 11) is 0. The van der Waals surface area contributed by atoms with Crippen molar-refractivity contribution in [2.45, 2.75) is 19.3 Å². The van der Waals surface area contributed by atoms with E-state index in [1.165, 1.54) is 5.56 Å². The van der Waals surface area contributed by atoms with Crippen LogP contribution in [0, 0.1) is 0 Å². The van der Waals surface area contributed by atoms with Crippen LogP contribution in [0.3, 0.4) is 0 Å². The number of rotatable bonds is 3. The normalized spacial score (nSPS) is 13.6. The molecule has 1 heterocycles. The number of allylic oxidation sites excluding steroid dienone is 1. The molecule has 1 amide bonds. The summed E-state index contributed by atoms with van der Waals surface area (Å²) in [5.74, 6) is -0.238. The maximum Gasteiger partial charge on any atom is 0.288 e. The Bertz CT molecular complexity index is 665. The van der Waals surface area contributed by atoms with Gasteiger partial charge in [-0.15, -0.1) is 0 Å². The minimum Gasteiger partial charge on any atom is -0.298 e. The Morgan fingerprint density at radius 3 is 2.81 bits per heavy atom. The lowest BCUT2D eigenvalue weighted by Crippen LogP contribution is -2.36. The van der Waals surface area contributed by atoms with Gasteiger partial charge in [0.05, 0.1) is 5.70 Å². The van der Waals surface area contributed by atoms with E-state index >= 15 is 0 Å². The van der Waals surface area contributed by atoms with Crippen LogP contribution in [0.2, 0.25) is 0 Å². The Morgan fingerprint density at radius 2 is 1.95 bits per heavy atom. The molecule has 1 aliphatic rings. The number of hydrogen-bond acceptors (Lipinski definition) is 3. The van der Waals surface area contributed by atoms with Crippen LogP contribution < -0.4 is 10.9 Å². The van der Waals surface area contributed by atoms with Gasteiger partial charge in [-0.3, -0.25) is 20.6 Å². The van der Waals surface area contributed by atoms with Crippen LogP contribution in [-0.2, 0) is 6.42 Å². The molecule has 2 N–H and O–H groups in total. The van der Waals surface area contributed by atoms with Crippen molar-refractivity contribution in [1.82, 2.24) is 15.8 Å². The lowest BCUT2D eigenvalue weighted by molar-refractivity contribution is 0.0937. The van der Waals surface area contributed by atoms with Crippen molar-refractivity contribution >= 4 is 11.6 Å². The zero-order valence-electron chi connectivity index (χ0n) is 11.7. The van der Waals surface area contributed by atoms with Crippen molar-refractivity contribution in [3.63, 3.8) is 0 Å². The second-order valence-corrected chi connectivity index (χ2v) is 4.96. The highest BCUT2D eigenvalue weighted by Gasteiger charge is 2.12. The molecule has 0 bridgehead atoms. The fourth-order valence-corrected chi connectivity index (χ4v) is 2.45. The van der Waals surface area contributed by atoms with Crippen molar-refractivity contribution in [3.8, 4) is 0 Å². The van der Waals surface area contributed by atoms with Crippen molar-refractivity contribution in [2.75, 3.05) is 0 Å². The van der Waals surface area contributed by atoms with Crippen molar-refractivity contribution in [3.05, 3.63) is 71.6 Å². The Kier molecular flexibility index (Phi) is 3.96.